The number of H-pyrrole nitrogens is 1. The third kappa shape index (κ3) is 3.47. The summed E-state index contributed by atoms with van der Waals surface area (Å²) in [6.45, 7) is 0. The number of aromatic nitrogens is 3. The molecule has 148 valence electrons. The number of aromatic amines is 1. The van der Waals surface area contributed by atoms with Crippen molar-refractivity contribution in [2.24, 2.45) is 5.10 Å². The molecule has 0 saturated heterocycles. The van der Waals surface area contributed by atoms with Gasteiger partial charge < -0.3 is 5.11 Å². The van der Waals surface area contributed by atoms with Crippen LogP contribution in [-0.4, -0.2) is 31.8 Å². The lowest BCUT2D eigenvalue weighted by Crippen LogP contribution is -2.31. The van der Waals surface area contributed by atoms with E-state index >= 15 is 0 Å². The van der Waals surface area contributed by atoms with E-state index in [0.29, 0.717) is 11.1 Å². The number of carbonyl (C=O) groups excluding carboxylic acids is 1. The van der Waals surface area contributed by atoms with Crippen LogP contribution in [0.5, 0.6) is 5.88 Å². The fraction of sp³-hybridized carbons (Fsp3) is 0. The van der Waals surface area contributed by atoms with E-state index in [0.717, 1.165) is 16.2 Å². The number of hydrazone groups is 1. The van der Waals surface area contributed by atoms with E-state index in [9.17, 15) is 19.5 Å². The van der Waals surface area contributed by atoms with Crippen LogP contribution in [0.4, 0.5) is 0 Å². The van der Waals surface area contributed by atoms with Gasteiger partial charge in [0.05, 0.1) is 17.5 Å². The standard InChI is InChI=1S/C21H15N5O4/c27-18(14-7-4-10-22-11-14)25-23-12-16-19(28)24-21(30)26(20(16)29)17-9-3-6-13-5-1-2-8-15(13)17/h1-12,29H,(H,25,27)(H,24,28,30)/b23-12+. The first-order valence-corrected chi connectivity index (χ1v) is 8.86. The molecule has 0 spiro atoms. The van der Waals surface area contributed by atoms with Gasteiger partial charge in [-0.15, -0.1) is 0 Å². The number of amides is 1. The van der Waals surface area contributed by atoms with Crippen LogP contribution < -0.4 is 16.7 Å². The van der Waals surface area contributed by atoms with Crippen molar-refractivity contribution >= 4 is 22.9 Å². The molecular formula is C21H15N5O4. The van der Waals surface area contributed by atoms with Gasteiger partial charge in [0, 0.05) is 17.8 Å². The quantitative estimate of drug-likeness (QED) is 0.353. The molecule has 0 aliphatic heterocycles. The van der Waals surface area contributed by atoms with Gasteiger partial charge in [0.2, 0.25) is 5.88 Å². The van der Waals surface area contributed by atoms with Gasteiger partial charge in [-0.2, -0.15) is 5.10 Å². The summed E-state index contributed by atoms with van der Waals surface area (Å²) in [4.78, 5) is 42.7. The largest absolute Gasteiger partial charge is 0.493 e. The van der Waals surface area contributed by atoms with E-state index in [1.54, 1.807) is 36.4 Å². The predicted octanol–water partition coefficient (Wildman–Crippen LogP) is 1.54. The zero-order chi connectivity index (χ0) is 21.1. The molecule has 0 atom stereocenters. The summed E-state index contributed by atoms with van der Waals surface area (Å²) >= 11 is 0. The monoisotopic (exact) mass is 401 g/mol. The first kappa shape index (κ1) is 18.8. The molecule has 0 radical (unpaired) electrons. The van der Waals surface area contributed by atoms with Gasteiger partial charge >= 0.3 is 5.69 Å². The summed E-state index contributed by atoms with van der Waals surface area (Å²) in [6, 6.07) is 15.7. The molecule has 2 aromatic heterocycles. The third-order valence-electron chi connectivity index (χ3n) is 4.41. The Labute approximate surface area is 169 Å². The average Bonchev–Trinajstić information content (AvgIpc) is 2.76. The lowest BCUT2D eigenvalue weighted by atomic mass is 10.1. The number of nitrogens with zero attached hydrogens (tertiary/aromatic N) is 3. The molecule has 4 aromatic rings. The Balaban J connectivity index is 1.75. The molecule has 2 heterocycles. The van der Waals surface area contributed by atoms with Crippen molar-refractivity contribution in [3.8, 4) is 11.6 Å². The normalized spacial score (nSPS) is 11.1. The molecule has 0 fully saturated rings. The molecule has 0 saturated carbocycles. The molecule has 0 aliphatic rings. The highest BCUT2D eigenvalue weighted by molar-refractivity contribution is 5.95. The Bertz CT molecular complexity index is 1380. The minimum Gasteiger partial charge on any atom is -0.493 e. The number of benzene rings is 2. The van der Waals surface area contributed by atoms with Gasteiger partial charge in [-0.1, -0.05) is 36.4 Å². The lowest BCUT2D eigenvalue weighted by molar-refractivity contribution is 0.0954. The van der Waals surface area contributed by atoms with Crippen molar-refractivity contribution in [3.63, 3.8) is 0 Å². The van der Waals surface area contributed by atoms with Gasteiger partial charge in [0.15, 0.2) is 0 Å². The van der Waals surface area contributed by atoms with Crippen molar-refractivity contribution in [1.29, 1.82) is 0 Å². The van der Waals surface area contributed by atoms with Gasteiger partial charge in [0.25, 0.3) is 11.5 Å². The zero-order valence-electron chi connectivity index (χ0n) is 15.4. The molecular weight excluding hydrogens is 386 g/mol. The van der Waals surface area contributed by atoms with Crippen LogP contribution in [0, 0.1) is 0 Å². The lowest BCUT2D eigenvalue weighted by Gasteiger charge is -2.12. The van der Waals surface area contributed by atoms with Crippen LogP contribution in [0.1, 0.15) is 15.9 Å². The molecule has 2 aromatic carbocycles. The Morgan fingerprint density at radius 3 is 2.70 bits per heavy atom. The fourth-order valence-corrected chi connectivity index (χ4v) is 3.00. The number of rotatable bonds is 4. The zero-order valence-corrected chi connectivity index (χ0v) is 15.4. The van der Waals surface area contributed by atoms with Crippen molar-refractivity contribution < 1.29 is 9.90 Å². The maximum absolute atomic E-state index is 12.5. The van der Waals surface area contributed by atoms with Crippen LogP contribution in [0.3, 0.4) is 0 Å². The fourth-order valence-electron chi connectivity index (χ4n) is 3.00. The van der Waals surface area contributed by atoms with Gasteiger partial charge in [-0.3, -0.25) is 19.6 Å². The molecule has 9 nitrogen and oxygen atoms in total. The third-order valence-corrected chi connectivity index (χ3v) is 4.41. The molecule has 3 N–H and O–H groups in total. The highest BCUT2D eigenvalue weighted by Crippen LogP contribution is 2.24. The number of hydrogen-bond donors (Lipinski definition) is 3. The molecule has 0 aliphatic carbocycles. The number of nitrogens with one attached hydrogen (secondary N) is 2. The first-order chi connectivity index (χ1) is 14.6. The van der Waals surface area contributed by atoms with E-state index in [4.69, 9.17) is 0 Å². The van der Waals surface area contributed by atoms with Crippen molar-refractivity contribution in [2.45, 2.75) is 0 Å². The average molecular weight is 401 g/mol. The van der Waals surface area contributed by atoms with E-state index in [2.05, 4.69) is 20.5 Å². The number of aromatic hydroxyl groups is 1. The second-order valence-electron chi connectivity index (χ2n) is 6.27. The second-order valence-corrected chi connectivity index (χ2v) is 6.27. The second kappa shape index (κ2) is 7.84. The number of fused-ring (bicyclic) bond motifs is 1. The van der Waals surface area contributed by atoms with Crippen molar-refractivity contribution in [2.75, 3.05) is 0 Å². The van der Waals surface area contributed by atoms with Crippen molar-refractivity contribution in [3.05, 3.63) is 99.0 Å². The SMILES string of the molecule is O=C(N/N=C/c1c(O)n(-c2cccc3ccccc23)c(=O)[nH]c1=O)c1cccnc1. The number of carbonyl (C=O) groups is 1. The molecule has 0 unspecified atom stereocenters. The highest BCUT2D eigenvalue weighted by atomic mass is 16.3. The topological polar surface area (TPSA) is 129 Å². The van der Waals surface area contributed by atoms with Gasteiger partial charge in [0.1, 0.15) is 5.56 Å². The summed E-state index contributed by atoms with van der Waals surface area (Å²) in [5.41, 5.74) is 0.983. The Morgan fingerprint density at radius 2 is 1.90 bits per heavy atom. The Kier molecular flexibility index (Phi) is 4.92. The minimum absolute atomic E-state index is 0.272. The van der Waals surface area contributed by atoms with E-state index in [1.807, 2.05) is 18.2 Å². The van der Waals surface area contributed by atoms with Crippen LogP contribution in [0.15, 0.2) is 81.7 Å². The summed E-state index contributed by atoms with van der Waals surface area (Å²) < 4.78 is 0.980. The van der Waals surface area contributed by atoms with Gasteiger partial charge in [-0.05, 0) is 23.6 Å². The van der Waals surface area contributed by atoms with Crippen LogP contribution >= 0.6 is 0 Å². The van der Waals surface area contributed by atoms with Crippen LogP contribution in [0.25, 0.3) is 16.5 Å². The van der Waals surface area contributed by atoms with Crippen LogP contribution in [-0.2, 0) is 0 Å². The number of pyridine rings is 1. The van der Waals surface area contributed by atoms with E-state index < -0.39 is 23.0 Å². The summed E-state index contributed by atoms with van der Waals surface area (Å²) in [5.74, 6) is -1.14. The predicted molar refractivity (Wildman–Crippen MR) is 111 cm³/mol. The van der Waals surface area contributed by atoms with Crippen LogP contribution in [0.2, 0.25) is 0 Å². The molecule has 30 heavy (non-hydrogen) atoms. The summed E-state index contributed by atoms with van der Waals surface area (Å²) in [5, 5.41) is 16.0. The van der Waals surface area contributed by atoms with E-state index in [1.165, 1.54) is 12.4 Å². The maximum Gasteiger partial charge on any atom is 0.335 e. The molecule has 9 heteroatoms. The maximum atomic E-state index is 12.5. The summed E-state index contributed by atoms with van der Waals surface area (Å²) in [7, 11) is 0. The smallest absolute Gasteiger partial charge is 0.335 e. The molecule has 0 bridgehead atoms. The molecule has 4 rings (SSSR count). The first-order valence-electron chi connectivity index (χ1n) is 8.86. The highest BCUT2D eigenvalue weighted by Gasteiger charge is 2.16. The Hall–Kier alpha value is -4.53. The Morgan fingerprint density at radius 1 is 1.10 bits per heavy atom. The minimum atomic E-state index is -0.839. The number of hydrogen-bond acceptors (Lipinski definition) is 6. The molecule has 1 amide bonds. The van der Waals surface area contributed by atoms with Gasteiger partial charge in [-0.25, -0.2) is 14.8 Å². The van der Waals surface area contributed by atoms with E-state index in [-0.39, 0.29) is 11.1 Å². The van der Waals surface area contributed by atoms with Crippen molar-refractivity contribution in [1.82, 2.24) is 20.0 Å². The summed E-state index contributed by atoms with van der Waals surface area (Å²) in [6.07, 6.45) is 3.85.